The monoisotopic (exact) mass is 408 g/mol. The van der Waals surface area contributed by atoms with Crippen molar-refractivity contribution in [3.8, 4) is 16.9 Å². The van der Waals surface area contributed by atoms with Crippen molar-refractivity contribution < 1.29 is 22.3 Å². The number of halogens is 4. The van der Waals surface area contributed by atoms with E-state index in [0.717, 1.165) is 49.4 Å². The fraction of sp³-hybridized carbons (Fsp3) is 0.500. The van der Waals surface area contributed by atoms with Crippen LogP contribution in [-0.4, -0.2) is 6.36 Å². The third-order valence-electron chi connectivity index (χ3n) is 5.85. The lowest BCUT2D eigenvalue weighted by atomic mass is 9.75. The van der Waals surface area contributed by atoms with Crippen LogP contribution in [0.3, 0.4) is 0 Å². The Hall–Kier alpha value is -2.04. The number of hydrogen-bond donors (Lipinski definition) is 0. The number of alkyl halides is 3. The maximum atomic E-state index is 14.7. The van der Waals surface area contributed by atoms with E-state index >= 15 is 0 Å². The molecule has 1 saturated carbocycles. The first-order chi connectivity index (χ1) is 13.5. The second-order valence-electron chi connectivity index (χ2n) is 9.14. The Labute approximate surface area is 170 Å². The molecule has 1 atom stereocenters. The maximum absolute atomic E-state index is 14.7. The van der Waals surface area contributed by atoms with Crippen LogP contribution in [-0.2, 0) is 6.42 Å². The summed E-state index contributed by atoms with van der Waals surface area (Å²) in [6.07, 6.45) is -0.755. The van der Waals surface area contributed by atoms with E-state index < -0.39 is 17.9 Å². The highest BCUT2D eigenvalue weighted by atomic mass is 19.4. The minimum absolute atomic E-state index is 0.0573. The van der Waals surface area contributed by atoms with E-state index in [1.807, 2.05) is 12.1 Å². The van der Waals surface area contributed by atoms with Gasteiger partial charge in [-0.1, -0.05) is 52.3 Å². The molecule has 0 unspecified atom stereocenters. The highest BCUT2D eigenvalue weighted by Crippen LogP contribution is 2.51. The molecule has 0 aliphatic heterocycles. The summed E-state index contributed by atoms with van der Waals surface area (Å²) in [6, 6.07) is 9.16. The Kier molecular flexibility index (Phi) is 5.98. The fourth-order valence-corrected chi connectivity index (χ4v) is 4.56. The van der Waals surface area contributed by atoms with Crippen LogP contribution in [0.1, 0.15) is 64.0 Å². The Morgan fingerprint density at radius 1 is 1.07 bits per heavy atom. The van der Waals surface area contributed by atoms with Crippen LogP contribution in [0.2, 0.25) is 0 Å². The van der Waals surface area contributed by atoms with Gasteiger partial charge in [0.2, 0.25) is 0 Å². The lowest BCUT2D eigenvalue weighted by Crippen LogP contribution is -2.18. The fourth-order valence-electron chi connectivity index (χ4n) is 4.56. The van der Waals surface area contributed by atoms with Crippen molar-refractivity contribution in [1.82, 2.24) is 0 Å². The zero-order valence-corrected chi connectivity index (χ0v) is 17.4. The highest BCUT2D eigenvalue weighted by Gasteiger charge is 2.37. The molecule has 0 N–H and O–H groups in total. The van der Waals surface area contributed by atoms with Gasteiger partial charge in [0.25, 0.3) is 0 Å². The zero-order chi connectivity index (χ0) is 21.4. The van der Waals surface area contributed by atoms with Crippen molar-refractivity contribution in [3.63, 3.8) is 0 Å². The lowest BCUT2D eigenvalue weighted by Gasteiger charge is -2.30. The van der Waals surface area contributed by atoms with Gasteiger partial charge in [0, 0.05) is 5.56 Å². The van der Waals surface area contributed by atoms with Crippen molar-refractivity contribution in [1.29, 1.82) is 0 Å². The summed E-state index contributed by atoms with van der Waals surface area (Å²) in [5.41, 5.74) is 3.06. The molecule has 0 heterocycles. The van der Waals surface area contributed by atoms with Gasteiger partial charge in [-0.25, -0.2) is 4.39 Å². The van der Waals surface area contributed by atoms with Gasteiger partial charge in [-0.15, -0.1) is 13.2 Å². The quantitative estimate of drug-likeness (QED) is 0.457. The second kappa shape index (κ2) is 8.00. The smallest absolute Gasteiger partial charge is 0.406 e. The Balaban J connectivity index is 2.12. The van der Waals surface area contributed by atoms with Gasteiger partial charge < -0.3 is 4.74 Å². The summed E-state index contributed by atoms with van der Waals surface area (Å²) < 4.78 is 56.7. The lowest BCUT2D eigenvalue weighted by molar-refractivity contribution is -0.274. The molecule has 1 aliphatic carbocycles. The predicted molar refractivity (Wildman–Crippen MR) is 107 cm³/mol. The van der Waals surface area contributed by atoms with E-state index in [2.05, 4.69) is 38.5 Å². The van der Waals surface area contributed by atoms with E-state index in [0.29, 0.717) is 11.5 Å². The van der Waals surface area contributed by atoms with Crippen molar-refractivity contribution >= 4 is 0 Å². The molecule has 158 valence electrons. The first kappa shape index (κ1) is 21.7. The van der Waals surface area contributed by atoms with Crippen LogP contribution < -0.4 is 4.74 Å². The third kappa shape index (κ3) is 5.12. The van der Waals surface area contributed by atoms with Crippen LogP contribution in [0.15, 0.2) is 36.4 Å². The third-order valence-corrected chi connectivity index (χ3v) is 5.85. The average Bonchev–Trinajstić information content (AvgIpc) is 2.94. The van der Waals surface area contributed by atoms with Gasteiger partial charge in [-0.2, -0.15) is 0 Å². The largest absolute Gasteiger partial charge is 0.573 e. The molecule has 29 heavy (non-hydrogen) atoms. The molecule has 0 spiro atoms. The van der Waals surface area contributed by atoms with E-state index in [-0.39, 0.29) is 16.9 Å². The van der Waals surface area contributed by atoms with E-state index in [1.165, 1.54) is 5.56 Å². The van der Waals surface area contributed by atoms with Crippen molar-refractivity contribution in [2.24, 2.45) is 11.3 Å². The second-order valence-corrected chi connectivity index (χ2v) is 9.14. The topological polar surface area (TPSA) is 9.23 Å². The van der Waals surface area contributed by atoms with Crippen LogP contribution in [0.25, 0.3) is 11.1 Å². The first-order valence-corrected chi connectivity index (χ1v) is 10.1. The van der Waals surface area contributed by atoms with E-state index in [9.17, 15) is 17.6 Å². The maximum Gasteiger partial charge on any atom is 0.573 e. The summed E-state index contributed by atoms with van der Waals surface area (Å²) in [5, 5.41) is 0. The molecule has 0 aromatic heterocycles. The van der Waals surface area contributed by atoms with Gasteiger partial charge >= 0.3 is 6.36 Å². The molecule has 1 fully saturated rings. The van der Waals surface area contributed by atoms with Gasteiger partial charge in [-0.05, 0) is 71.4 Å². The van der Waals surface area contributed by atoms with Crippen LogP contribution in [0.5, 0.6) is 5.75 Å². The molecule has 0 amide bonds. The molecule has 0 radical (unpaired) electrons. The minimum Gasteiger partial charge on any atom is -0.406 e. The van der Waals surface area contributed by atoms with Gasteiger partial charge in [0.05, 0.1) is 0 Å². The SMILES string of the molecule is CC(C)Cc1ccc(-c2cc(OC(F)(F)F)ccc2F)c([C@H]2CCCC2(C)C)c1. The molecule has 3 rings (SSSR count). The molecule has 1 nitrogen and oxygen atoms in total. The van der Waals surface area contributed by atoms with Gasteiger partial charge in [0.1, 0.15) is 11.6 Å². The summed E-state index contributed by atoms with van der Waals surface area (Å²) in [7, 11) is 0. The summed E-state index contributed by atoms with van der Waals surface area (Å²) >= 11 is 0. The Morgan fingerprint density at radius 3 is 2.38 bits per heavy atom. The Morgan fingerprint density at radius 2 is 1.79 bits per heavy atom. The normalized spacial score (nSPS) is 19.0. The van der Waals surface area contributed by atoms with E-state index in [4.69, 9.17) is 0 Å². The van der Waals surface area contributed by atoms with Gasteiger partial charge in [0.15, 0.2) is 0 Å². The zero-order valence-electron chi connectivity index (χ0n) is 17.4. The number of benzene rings is 2. The molecular formula is C24H28F4O. The molecule has 2 aromatic rings. The number of ether oxygens (including phenoxy) is 1. The first-order valence-electron chi connectivity index (χ1n) is 10.1. The summed E-state index contributed by atoms with van der Waals surface area (Å²) in [4.78, 5) is 0. The molecule has 0 bridgehead atoms. The van der Waals surface area contributed by atoms with Crippen LogP contribution in [0, 0.1) is 17.2 Å². The van der Waals surface area contributed by atoms with Gasteiger partial charge in [-0.3, -0.25) is 0 Å². The Bertz CT molecular complexity index is 868. The van der Waals surface area contributed by atoms with Crippen LogP contribution in [0.4, 0.5) is 17.6 Å². The molecule has 2 aromatic carbocycles. The van der Waals surface area contributed by atoms with Crippen molar-refractivity contribution in [3.05, 3.63) is 53.3 Å². The average molecular weight is 408 g/mol. The molecule has 1 aliphatic rings. The molecule has 5 heteroatoms. The summed E-state index contributed by atoms with van der Waals surface area (Å²) in [6.45, 7) is 8.71. The minimum atomic E-state index is -4.81. The number of hydrogen-bond acceptors (Lipinski definition) is 1. The van der Waals surface area contributed by atoms with E-state index in [1.54, 1.807) is 0 Å². The summed E-state index contributed by atoms with van der Waals surface area (Å²) in [5.74, 6) is -0.244. The molecule has 0 saturated heterocycles. The van der Waals surface area contributed by atoms with Crippen molar-refractivity contribution in [2.75, 3.05) is 0 Å². The van der Waals surface area contributed by atoms with Crippen molar-refractivity contribution in [2.45, 2.75) is 65.7 Å². The highest BCUT2D eigenvalue weighted by molar-refractivity contribution is 5.71. The standard InChI is InChI=1S/C24H28F4O/c1-15(2)12-16-7-9-18(19(13-16)21-6-5-11-23(21,3)4)20-14-17(8-10-22(20)25)29-24(26,27)28/h7-10,13-15,21H,5-6,11-12H2,1-4H3/t21-/m1/s1. The number of rotatable bonds is 5. The van der Waals surface area contributed by atoms with Crippen LogP contribution >= 0.6 is 0 Å². The predicted octanol–water partition coefficient (Wildman–Crippen LogP) is 7.88. The molecular weight excluding hydrogens is 380 g/mol.